The van der Waals surface area contributed by atoms with E-state index in [-0.39, 0.29) is 12.2 Å². The predicted octanol–water partition coefficient (Wildman–Crippen LogP) is 3.86. The molecule has 1 aliphatic rings. The zero-order valence-corrected chi connectivity index (χ0v) is 20.3. The predicted molar refractivity (Wildman–Crippen MR) is 138 cm³/mol. The van der Waals surface area contributed by atoms with Crippen molar-refractivity contribution in [3.8, 4) is 5.75 Å². The van der Waals surface area contributed by atoms with Gasteiger partial charge in [0.1, 0.15) is 17.7 Å². The third kappa shape index (κ3) is 4.28. The van der Waals surface area contributed by atoms with Gasteiger partial charge in [-0.1, -0.05) is 78.9 Å². The quantitative estimate of drug-likeness (QED) is 0.373. The Bertz CT molecular complexity index is 1370. The molecule has 2 heterocycles. The van der Waals surface area contributed by atoms with Gasteiger partial charge in [-0.2, -0.15) is 4.98 Å². The fraction of sp³-hybridized carbons (Fsp3) is 0.241. The summed E-state index contributed by atoms with van der Waals surface area (Å²) in [5, 5.41) is 12.3. The van der Waals surface area contributed by atoms with E-state index in [1.807, 2.05) is 84.9 Å². The molecule has 1 fully saturated rings. The molecular weight excluding hydrogens is 473 g/mol. The van der Waals surface area contributed by atoms with Crippen LogP contribution in [0, 0.1) is 0 Å². The summed E-state index contributed by atoms with van der Waals surface area (Å²) in [6, 6.07) is 28.0. The Kier molecular flexibility index (Phi) is 6.78. The number of rotatable bonds is 7. The molecule has 3 N–H and O–H groups in total. The van der Waals surface area contributed by atoms with Gasteiger partial charge in [-0.25, -0.2) is 9.18 Å². The lowest BCUT2D eigenvalue weighted by atomic mass is 9.64. The van der Waals surface area contributed by atoms with Crippen molar-refractivity contribution in [2.75, 3.05) is 12.8 Å². The molecule has 0 aliphatic carbocycles. The summed E-state index contributed by atoms with van der Waals surface area (Å²) in [6.07, 6.45) is -3.78. The van der Waals surface area contributed by atoms with Crippen LogP contribution in [0.15, 0.2) is 102 Å². The van der Waals surface area contributed by atoms with Gasteiger partial charge >= 0.3 is 5.69 Å². The van der Waals surface area contributed by atoms with Gasteiger partial charge in [0.15, 0.2) is 6.23 Å². The van der Waals surface area contributed by atoms with Crippen molar-refractivity contribution in [1.82, 2.24) is 9.55 Å². The van der Waals surface area contributed by atoms with E-state index in [1.165, 1.54) is 12.3 Å². The molecule has 0 bridgehead atoms. The van der Waals surface area contributed by atoms with E-state index in [2.05, 4.69) is 4.98 Å². The first-order valence-corrected chi connectivity index (χ1v) is 12.0. The lowest BCUT2D eigenvalue weighted by Crippen LogP contribution is -2.48. The molecule has 37 heavy (non-hydrogen) atoms. The fourth-order valence-electron chi connectivity index (χ4n) is 5.35. The summed E-state index contributed by atoms with van der Waals surface area (Å²) in [4.78, 5) is 16.1. The highest BCUT2D eigenvalue weighted by Gasteiger charge is 2.52. The summed E-state index contributed by atoms with van der Waals surface area (Å²) in [5.74, 6) is 0.606. The SMILES string of the molecule is COc1ccccc1C(c1ccccc1)(c1ccccc1)C(O)[C@@H]1CC(F)[C@H](n2ccc(N)nc2=O)O1. The number of nitrogen functional groups attached to an aromatic ring is 1. The van der Waals surface area contributed by atoms with Crippen molar-refractivity contribution in [1.29, 1.82) is 0 Å². The molecule has 4 atom stereocenters. The van der Waals surface area contributed by atoms with Crippen molar-refractivity contribution in [2.24, 2.45) is 0 Å². The Morgan fingerprint density at radius 2 is 1.62 bits per heavy atom. The number of hydrogen-bond acceptors (Lipinski definition) is 6. The number of para-hydroxylation sites is 1. The van der Waals surface area contributed by atoms with Gasteiger partial charge in [0.2, 0.25) is 0 Å². The highest BCUT2D eigenvalue weighted by molar-refractivity contribution is 5.57. The minimum absolute atomic E-state index is 0.0367. The fourth-order valence-corrected chi connectivity index (χ4v) is 5.35. The van der Waals surface area contributed by atoms with Crippen molar-refractivity contribution < 1.29 is 19.0 Å². The highest BCUT2D eigenvalue weighted by Crippen LogP contribution is 2.49. The molecule has 2 unspecified atom stereocenters. The molecule has 0 saturated carbocycles. The standard InChI is InChI=1S/C29H28FN3O4/c1-36-23-15-9-8-14-21(23)29(19-10-4-2-5-11-19,20-12-6-3-7-13-20)26(34)24-18-22(30)27(37-24)33-17-16-25(31)32-28(33)35/h2-17,22,24,26-27,34H,18H2,1H3,(H2,31,32,35)/t22?,24-,26?,27+/m0/s1. The summed E-state index contributed by atoms with van der Waals surface area (Å²) in [7, 11) is 1.58. The summed E-state index contributed by atoms with van der Waals surface area (Å²) in [5.41, 5.74) is 5.98. The molecule has 5 rings (SSSR count). The largest absolute Gasteiger partial charge is 0.496 e. The van der Waals surface area contributed by atoms with Gasteiger partial charge in [0.25, 0.3) is 0 Å². The van der Waals surface area contributed by atoms with E-state index in [0.717, 1.165) is 15.7 Å². The number of benzene rings is 3. The number of hydrogen-bond donors (Lipinski definition) is 2. The van der Waals surface area contributed by atoms with Crippen LogP contribution in [0.3, 0.4) is 0 Å². The monoisotopic (exact) mass is 501 g/mol. The number of aromatic nitrogens is 2. The molecule has 0 spiro atoms. The van der Waals surface area contributed by atoms with Gasteiger partial charge in [-0.05, 0) is 23.3 Å². The molecule has 7 nitrogen and oxygen atoms in total. The number of anilines is 1. The maximum atomic E-state index is 15.4. The normalized spacial score (nSPS) is 20.5. The van der Waals surface area contributed by atoms with Gasteiger partial charge in [0.05, 0.1) is 24.7 Å². The van der Waals surface area contributed by atoms with E-state index >= 15 is 4.39 Å². The molecule has 1 aliphatic heterocycles. The Labute approximate surface area is 213 Å². The van der Waals surface area contributed by atoms with Crippen LogP contribution in [0.2, 0.25) is 0 Å². The van der Waals surface area contributed by atoms with Gasteiger partial charge in [-0.3, -0.25) is 4.57 Å². The van der Waals surface area contributed by atoms with Crippen LogP contribution < -0.4 is 16.2 Å². The number of methoxy groups -OCH3 is 1. The third-order valence-corrected chi connectivity index (χ3v) is 6.99. The average molecular weight is 502 g/mol. The smallest absolute Gasteiger partial charge is 0.351 e. The number of nitrogens with zero attached hydrogens (tertiary/aromatic N) is 2. The van der Waals surface area contributed by atoms with Crippen LogP contribution in [0.4, 0.5) is 10.2 Å². The van der Waals surface area contributed by atoms with Crippen LogP contribution >= 0.6 is 0 Å². The Balaban J connectivity index is 1.69. The Morgan fingerprint density at radius 3 is 2.22 bits per heavy atom. The van der Waals surface area contributed by atoms with Crippen molar-refractivity contribution in [3.63, 3.8) is 0 Å². The molecule has 3 aromatic carbocycles. The lowest BCUT2D eigenvalue weighted by molar-refractivity contribution is -0.0825. The summed E-state index contributed by atoms with van der Waals surface area (Å²) >= 11 is 0. The van der Waals surface area contributed by atoms with Crippen LogP contribution in [-0.4, -0.2) is 40.1 Å². The maximum Gasteiger partial charge on any atom is 0.351 e. The first kappa shape index (κ1) is 24.7. The van der Waals surface area contributed by atoms with Crippen molar-refractivity contribution in [2.45, 2.75) is 36.4 Å². The van der Waals surface area contributed by atoms with Crippen molar-refractivity contribution in [3.05, 3.63) is 124 Å². The number of alkyl halides is 1. The first-order valence-electron chi connectivity index (χ1n) is 12.0. The zero-order chi connectivity index (χ0) is 26.0. The molecule has 4 aromatic rings. The van der Waals surface area contributed by atoms with Crippen LogP contribution in [0.25, 0.3) is 0 Å². The number of nitrogens with two attached hydrogens (primary N) is 1. The topological polar surface area (TPSA) is 99.6 Å². The Morgan fingerprint density at radius 1 is 1.03 bits per heavy atom. The number of ether oxygens (including phenoxy) is 2. The molecule has 1 saturated heterocycles. The number of aliphatic hydroxyl groups is 1. The molecule has 190 valence electrons. The van der Waals surface area contributed by atoms with E-state index in [0.29, 0.717) is 11.3 Å². The number of aliphatic hydroxyl groups excluding tert-OH is 1. The molecule has 8 heteroatoms. The molecule has 0 radical (unpaired) electrons. The summed E-state index contributed by atoms with van der Waals surface area (Å²) in [6.45, 7) is 0. The van der Waals surface area contributed by atoms with E-state index in [1.54, 1.807) is 7.11 Å². The molecule has 0 amide bonds. The van der Waals surface area contributed by atoms with E-state index < -0.39 is 35.7 Å². The lowest BCUT2D eigenvalue weighted by Gasteiger charge is -2.42. The molecule has 1 aromatic heterocycles. The number of halogens is 1. The second kappa shape index (κ2) is 10.2. The van der Waals surface area contributed by atoms with Crippen LogP contribution in [0.5, 0.6) is 5.75 Å². The second-order valence-electron chi connectivity index (χ2n) is 9.04. The minimum Gasteiger partial charge on any atom is -0.496 e. The van der Waals surface area contributed by atoms with Crippen LogP contribution in [-0.2, 0) is 10.2 Å². The first-order chi connectivity index (χ1) is 18.0. The van der Waals surface area contributed by atoms with Crippen molar-refractivity contribution >= 4 is 5.82 Å². The highest BCUT2D eigenvalue weighted by atomic mass is 19.1. The van der Waals surface area contributed by atoms with E-state index in [9.17, 15) is 9.90 Å². The third-order valence-electron chi connectivity index (χ3n) is 6.99. The van der Waals surface area contributed by atoms with Crippen LogP contribution in [0.1, 0.15) is 29.3 Å². The minimum atomic E-state index is -1.55. The average Bonchev–Trinajstić information content (AvgIpc) is 3.31. The second-order valence-corrected chi connectivity index (χ2v) is 9.04. The van der Waals surface area contributed by atoms with Gasteiger partial charge in [0, 0.05) is 18.2 Å². The van der Waals surface area contributed by atoms with Gasteiger partial charge < -0.3 is 20.3 Å². The van der Waals surface area contributed by atoms with E-state index in [4.69, 9.17) is 15.2 Å². The zero-order valence-electron chi connectivity index (χ0n) is 20.3. The maximum absolute atomic E-state index is 15.4. The molecular formula is C29H28FN3O4. The summed E-state index contributed by atoms with van der Waals surface area (Å²) < 4.78 is 28.4. The van der Waals surface area contributed by atoms with Gasteiger partial charge in [-0.15, -0.1) is 0 Å². The Hall–Kier alpha value is -4.01.